The molecule has 0 N–H and O–H groups in total. The molecule has 0 amide bonds. The van der Waals surface area contributed by atoms with E-state index in [-0.39, 0.29) is 0 Å². The van der Waals surface area contributed by atoms with Crippen molar-refractivity contribution in [1.82, 2.24) is 4.98 Å². The van der Waals surface area contributed by atoms with Crippen LogP contribution >= 0.6 is 0 Å². The van der Waals surface area contributed by atoms with Gasteiger partial charge in [0, 0.05) is 17.3 Å². The van der Waals surface area contributed by atoms with Gasteiger partial charge in [-0.3, -0.25) is 4.98 Å². The summed E-state index contributed by atoms with van der Waals surface area (Å²) in [4.78, 5) is 4.75. The predicted octanol–water partition coefficient (Wildman–Crippen LogP) is 13.0. The van der Waals surface area contributed by atoms with Gasteiger partial charge in [0.2, 0.25) is 0 Å². The first-order valence-electron chi connectivity index (χ1n) is 18.2. The first-order valence-corrected chi connectivity index (χ1v) is 18.2. The third kappa shape index (κ3) is 15.3. The van der Waals surface area contributed by atoms with Crippen molar-refractivity contribution in [2.24, 2.45) is 0 Å². The highest BCUT2D eigenvalue weighted by molar-refractivity contribution is 5.67. The lowest BCUT2D eigenvalue weighted by Crippen LogP contribution is -1.97. The molecule has 0 radical (unpaired) electrons. The molecule has 0 saturated heterocycles. The van der Waals surface area contributed by atoms with Gasteiger partial charge < -0.3 is 9.47 Å². The summed E-state index contributed by atoms with van der Waals surface area (Å²) in [6.45, 7) is 6.16. The van der Waals surface area contributed by atoms with Gasteiger partial charge in [0.1, 0.15) is 11.5 Å². The van der Waals surface area contributed by atoms with E-state index in [9.17, 15) is 0 Å². The molecule has 0 fully saturated rings. The smallest absolute Gasteiger partial charge is 0.119 e. The van der Waals surface area contributed by atoms with Crippen LogP contribution in [0.5, 0.6) is 11.5 Å². The van der Waals surface area contributed by atoms with Crippen LogP contribution in [0.1, 0.15) is 142 Å². The van der Waals surface area contributed by atoms with Gasteiger partial charge in [0.05, 0.1) is 18.9 Å². The SMILES string of the molecule is CCCCCCCCCCCCOc1ccc(-c2ccc(-c3ccc(OCCCCCCCCCCCC)cc3)nc2)cc1. The Morgan fingerprint density at radius 3 is 1.14 bits per heavy atom. The Balaban J connectivity index is 1.28. The summed E-state index contributed by atoms with van der Waals surface area (Å²) >= 11 is 0. The molecule has 2 aromatic carbocycles. The molecule has 3 aromatic rings. The van der Waals surface area contributed by atoms with Crippen molar-refractivity contribution in [2.75, 3.05) is 13.2 Å². The number of unbranched alkanes of at least 4 members (excludes halogenated alkanes) is 18. The first kappa shape index (κ1) is 35.7. The van der Waals surface area contributed by atoms with Crippen LogP contribution < -0.4 is 9.47 Å². The highest BCUT2D eigenvalue weighted by Gasteiger charge is 2.04. The molecule has 3 heteroatoms. The molecule has 0 aliphatic carbocycles. The third-order valence-electron chi connectivity index (χ3n) is 8.63. The van der Waals surface area contributed by atoms with E-state index in [4.69, 9.17) is 14.5 Å². The van der Waals surface area contributed by atoms with Crippen LogP contribution in [0.15, 0.2) is 66.9 Å². The summed E-state index contributed by atoms with van der Waals surface area (Å²) in [5.74, 6) is 1.89. The maximum absolute atomic E-state index is 5.99. The Morgan fingerprint density at radius 2 is 0.750 bits per heavy atom. The number of hydrogen-bond acceptors (Lipinski definition) is 3. The molecule has 0 bridgehead atoms. The Labute approximate surface area is 270 Å². The van der Waals surface area contributed by atoms with Gasteiger partial charge in [-0.15, -0.1) is 0 Å². The van der Waals surface area contributed by atoms with E-state index in [1.165, 1.54) is 116 Å². The molecule has 0 spiro atoms. The van der Waals surface area contributed by atoms with Crippen molar-refractivity contribution in [3.05, 3.63) is 66.9 Å². The van der Waals surface area contributed by atoms with E-state index in [1.807, 2.05) is 6.20 Å². The van der Waals surface area contributed by atoms with Crippen molar-refractivity contribution in [3.8, 4) is 33.9 Å². The van der Waals surface area contributed by atoms with Crippen LogP contribution in [0.25, 0.3) is 22.4 Å². The van der Waals surface area contributed by atoms with Crippen molar-refractivity contribution in [3.63, 3.8) is 0 Å². The van der Waals surface area contributed by atoms with Crippen LogP contribution in [-0.2, 0) is 0 Å². The topological polar surface area (TPSA) is 31.4 Å². The van der Waals surface area contributed by atoms with Gasteiger partial charge in [-0.25, -0.2) is 0 Å². The van der Waals surface area contributed by atoms with Crippen molar-refractivity contribution in [2.45, 2.75) is 142 Å². The normalized spacial score (nSPS) is 11.1. The second kappa shape index (κ2) is 23.6. The van der Waals surface area contributed by atoms with E-state index in [0.717, 1.165) is 59.9 Å². The van der Waals surface area contributed by atoms with Gasteiger partial charge in [-0.2, -0.15) is 0 Å². The number of aromatic nitrogens is 1. The minimum atomic E-state index is 0.798. The third-order valence-corrected chi connectivity index (χ3v) is 8.63. The van der Waals surface area contributed by atoms with Crippen molar-refractivity contribution >= 4 is 0 Å². The Bertz CT molecular complexity index is 987. The molecule has 0 aliphatic heterocycles. The monoisotopic (exact) mass is 599 g/mol. The number of nitrogens with zero attached hydrogens (tertiary/aromatic N) is 1. The lowest BCUT2D eigenvalue weighted by Gasteiger charge is -2.09. The summed E-state index contributed by atoms with van der Waals surface area (Å²) in [6, 6.07) is 21.0. The van der Waals surface area contributed by atoms with Crippen LogP contribution in [0.3, 0.4) is 0 Å². The molecule has 242 valence electrons. The standard InChI is InChI=1S/C41H61NO2/c1-3-5-7-9-11-13-15-17-19-21-33-43-39-28-23-36(24-29-39)38-27-32-41(42-35-38)37-25-30-40(31-26-37)44-34-22-20-18-16-14-12-10-8-6-4-2/h23-32,35H,3-22,33-34H2,1-2H3. The molecule has 0 aliphatic rings. The van der Waals surface area contributed by atoms with Crippen LogP contribution in [0.4, 0.5) is 0 Å². The number of hydrogen-bond donors (Lipinski definition) is 0. The molecule has 3 rings (SSSR count). The zero-order chi connectivity index (χ0) is 30.9. The molecule has 0 saturated carbocycles. The maximum Gasteiger partial charge on any atom is 0.119 e. The average Bonchev–Trinajstić information content (AvgIpc) is 3.07. The zero-order valence-electron chi connectivity index (χ0n) is 28.2. The first-order chi connectivity index (χ1) is 21.8. The van der Waals surface area contributed by atoms with E-state index < -0.39 is 0 Å². The second-order valence-corrected chi connectivity index (χ2v) is 12.5. The van der Waals surface area contributed by atoms with E-state index in [0.29, 0.717) is 0 Å². The Hall–Kier alpha value is -2.81. The summed E-state index contributed by atoms with van der Waals surface area (Å²) < 4.78 is 12.0. The number of pyridine rings is 1. The zero-order valence-corrected chi connectivity index (χ0v) is 28.2. The molecule has 44 heavy (non-hydrogen) atoms. The Kier molecular flexibility index (Phi) is 19.1. The molecular weight excluding hydrogens is 538 g/mol. The van der Waals surface area contributed by atoms with Crippen LogP contribution in [0, 0.1) is 0 Å². The van der Waals surface area contributed by atoms with E-state index in [1.54, 1.807) is 0 Å². The van der Waals surface area contributed by atoms with Gasteiger partial charge >= 0.3 is 0 Å². The molecule has 3 nitrogen and oxygen atoms in total. The lowest BCUT2D eigenvalue weighted by atomic mass is 10.1. The fourth-order valence-electron chi connectivity index (χ4n) is 5.76. The number of rotatable bonds is 26. The van der Waals surface area contributed by atoms with E-state index in [2.05, 4.69) is 74.5 Å². The van der Waals surface area contributed by atoms with Gasteiger partial charge in [-0.1, -0.05) is 148 Å². The number of benzene rings is 2. The van der Waals surface area contributed by atoms with Crippen LogP contribution in [-0.4, -0.2) is 18.2 Å². The summed E-state index contributed by atoms with van der Waals surface area (Å²) in [5.41, 5.74) is 4.36. The Morgan fingerprint density at radius 1 is 0.386 bits per heavy atom. The van der Waals surface area contributed by atoms with Gasteiger partial charge in [0.25, 0.3) is 0 Å². The van der Waals surface area contributed by atoms with Crippen molar-refractivity contribution in [1.29, 1.82) is 0 Å². The van der Waals surface area contributed by atoms with Crippen LogP contribution in [0.2, 0.25) is 0 Å². The molecule has 0 unspecified atom stereocenters. The largest absolute Gasteiger partial charge is 0.494 e. The molecule has 0 atom stereocenters. The lowest BCUT2D eigenvalue weighted by molar-refractivity contribution is 0.304. The summed E-state index contributed by atoms with van der Waals surface area (Å²) in [5, 5.41) is 0. The average molecular weight is 600 g/mol. The highest BCUT2D eigenvalue weighted by Crippen LogP contribution is 2.26. The molecule has 1 heterocycles. The number of ether oxygens (including phenoxy) is 2. The van der Waals surface area contributed by atoms with E-state index >= 15 is 0 Å². The van der Waals surface area contributed by atoms with Crippen molar-refractivity contribution < 1.29 is 9.47 Å². The summed E-state index contributed by atoms with van der Waals surface area (Å²) in [7, 11) is 0. The quantitative estimate of drug-likeness (QED) is 0.0860. The van der Waals surface area contributed by atoms with Gasteiger partial charge in [0.15, 0.2) is 0 Å². The highest BCUT2D eigenvalue weighted by atomic mass is 16.5. The molecular formula is C41H61NO2. The minimum absolute atomic E-state index is 0.798. The fraction of sp³-hybridized carbons (Fsp3) is 0.585. The second-order valence-electron chi connectivity index (χ2n) is 12.5. The minimum Gasteiger partial charge on any atom is -0.494 e. The molecule has 1 aromatic heterocycles. The maximum atomic E-state index is 5.99. The summed E-state index contributed by atoms with van der Waals surface area (Å²) in [6.07, 6.45) is 28.8. The predicted molar refractivity (Wildman–Crippen MR) is 190 cm³/mol. The fourth-order valence-corrected chi connectivity index (χ4v) is 5.76. The van der Waals surface area contributed by atoms with Gasteiger partial charge in [-0.05, 0) is 60.9 Å².